The van der Waals surface area contributed by atoms with Gasteiger partial charge in [-0.3, -0.25) is 4.18 Å². The Morgan fingerprint density at radius 1 is 1.14 bits per heavy atom. The number of benzene rings is 1. The summed E-state index contributed by atoms with van der Waals surface area (Å²) in [5.41, 5.74) is 3.26. The van der Waals surface area contributed by atoms with Crippen molar-refractivity contribution in [3.05, 3.63) is 42.1 Å². The molecule has 4 nitrogen and oxygen atoms in total. The Morgan fingerprint density at radius 2 is 1.81 bits per heavy atom. The first kappa shape index (κ1) is 16.1. The van der Waals surface area contributed by atoms with Crippen LogP contribution in [0.3, 0.4) is 0 Å². The molecule has 21 heavy (non-hydrogen) atoms. The van der Waals surface area contributed by atoms with Gasteiger partial charge in [0.05, 0.1) is 12.9 Å². The molecule has 0 fully saturated rings. The zero-order chi connectivity index (χ0) is 15.5. The summed E-state index contributed by atoms with van der Waals surface area (Å²) in [5.74, 6) is 0. The zero-order valence-corrected chi connectivity index (χ0v) is 14.0. The van der Waals surface area contributed by atoms with Gasteiger partial charge in [0.2, 0.25) is 0 Å². The Morgan fingerprint density at radius 3 is 2.38 bits per heavy atom. The van der Waals surface area contributed by atoms with E-state index in [1.54, 1.807) is 11.8 Å². The number of hydrogen-bond acceptors (Lipinski definition) is 4. The molecule has 1 heterocycles. The Hall–Kier alpha value is -1.24. The van der Waals surface area contributed by atoms with Crippen LogP contribution in [0.25, 0.3) is 11.3 Å². The maximum atomic E-state index is 11.0. The first-order valence-corrected chi connectivity index (χ1v) is 9.60. The standard InChI is InChI=1S/C15H19NO3S2/c1-12-4-9-15(13-5-7-14(20-2)8-6-13)16(12)10-11-19-21(3,17)18/h4-9H,10-11H2,1-3H3. The van der Waals surface area contributed by atoms with Crippen molar-refractivity contribution < 1.29 is 12.6 Å². The average molecular weight is 325 g/mol. The molecule has 1 aromatic carbocycles. The van der Waals surface area contributed by atoms with Crippen molar-refractivity contribution in [1.82, 2.24) is 4.57 Å². The molecule has 0 amide bonds. The minimum atomic E-state index is -3.39. The minimum Gasteiger partial charge on any atom is -0.343 e. The van der Waals surface area contributed by atoms with Crippen LogP contribution in [0.15, 0.2) is 41.3 Å². The van der Waals surface area contributed by atoms with Crippen LogP contribution >= 0.6 is 11.8 Å². The number of aryl methyl sites for hydroxylation is 1. The van der Waals surface area contributed by atoms with E-state index in [1.165, 1.54) is 4.90 Å². The number of hydrogen-bond donors (Lipinski definition) is 0. The summed E-state index contributed by atoms with van der Waals surface area (Å²) in [6.07, 6.45) is 3.11. The summed E-state index contributed by atoms with van der Waals surface area (Å²) in [4.78, 5) is 1.22. The molecule has 2 aromatic rings. The highest BCUT2D eigenvalue weighted by Gasteiger charge is 2.09. The van der Waals surface area contributed by atoms with E-state index in [0.717, 1.165) is 23.2 Å². The molecule has 0 spiro atoms. The van der Waals surface area contributed by atoms with E-state index in [-0.39, 0.29) is 6.61 Å². The molecular weight excluding hydrogens is 306 g/mol. The highest BCUT2D eigenvalue weighted by atomic mass is 32.2. The topological polar surface area (TPSA) is 48.3 Å². The quantitative estimate of drug-likeness (QED) is 0.605. The van der Waals surface area contributed by atoms with E-state index >= 15 is 0 Å². The van der Waals surface area contributed by atoms with Crippen molar-refractivity contribution in [3.8, 4) is 11.3 Å². The Labute approximate surface area is 130 Å². The predicted octanol–water partition coefficient (Wildman–Crippen LogP) is 3.16. The van der Waals surface area contributed by atoms with E-state index in [4.69, 9.17) is 4.18 Å². The van der Waals surface area contributed by atoms with Crippen molar-refractivity contribution in [1.29, 1.82) is 0 Å². The monoisotopic (exact) mass is 325 g/mol. The highest BCUT2D eigenvalue weighted by Crippen LogP contribution is 2.25. The smallest absolute Gasteiger partial charge is 0.264 e. The lowest BCUT2D eigenvalue weighted by Gasteiger charge is -2.12. The minimum absolute atomic E-state index is 0.143. The number of rotatable bonds is 6. The molecule has 0 aliphatic rings. The van der Waals surface area contributed by atoms with Crippen molar-refractivity contribution in [2.24, 2.45) is 0 Å². The molecule has 0 bridgehead atoms. The summed E-state index contributed by atoms with van der Waals surface area (Å²) < 4.78 is 29.0. The molecule has 0 saturated heterocycles. The van der Waals surface area contributed by atoms with Gasteiger partial charge in [0, 0.05) is 22.8 Å². The van der Waals surface area contributed by atoms with Gasteiger partial charge < -0.3 is 4.57 Å². The van der Waals surface area contributed by atoms with Gasteiger partial charge in [0.1, 0.15) is 0 Å². The Bertz CT molecular complexity index is 703. The van der Waals surface area contributed by atoms with Crippen molar-refractivity contribution in [2.45, 2.75) is 18.4 Å². The third-order valence-electron chi connectivity index (χ3n) is 3.20. The lowest BCUT2D eigenvalue weighted by Crippen LogP contribution is -2.12. The Balaban J connectivity index is 2.20. The molecule has 0 unspecified atom stereocenters. The maximum Gasteiger partial charge on any atom is 0.264 e. The fraction of sp³-hybridized carbons (Fsp3) is 0.333. The number of aromatic nitrogens is 1. The highest BCUT2D eigenvalue weighted by molar-refractivity contribution is 7.98. The third-order valence-corrected chi connectivity index (χ3v) is 4.54. The van der Waals surface area contributed by atoms with Crippen molar-refractivity contribution in [2.75, 3.05) is 19.1 Å². The molecule has 0 aliphatic carbocycles. The normalized spacial score (nSPS) is 11.8. The van der Waals surface area contributed by atoms with E-state index in [1.807, 2.05) is 25.3 Å². The second-order valence-electron chi connectivity index (χ2n) is 4.77. The van der Waals surface area contributed by atoms with Crippen molar-refractivity contribution in [3.63, 3.8) is 0 Å². The summed E-state index contributed by atoms with van der Waals surface area (Å²) in [5, 5.41) is 0. The summed E-state index contributed by atoms with van der Waals surface area (Å²) in [6, 6.07) is 12.4. The van der Waals surface area contributed by atoms with Crippen LogP contribution in [0, 0.1) is 6.92 Å². The largest absolute Gasteiger partial charge is 0.343 e. The van der Waals surface area contributed by atoms with Crippen LogP contribution in [0.4, 0.5) is 0 Å². The molecule has 0 radical (unpaired) electrons. The van der Waals surface area contributed by atoms with Gasteiger partial charge in [0.15, 0.2) is 0 Å². The van der Waals surface area contributed by atoms with Crippen LogP contribution in [-0.2, 0) is 20.8 Å². The van der Waals surface area contributed by atoms with Crippen LogP contribution in [0.2, 0.25) is 0 Å². The van der Waals surface area contributed by atoms with Crippen LogP contribution in [0.1, 0.15) is 5.69 Å². The summed E-state index contributed by atoms with van der Waals surface area (Å²) >= 11 is 1.71. The molecule has 0 N–H and O–H groups in total. The average Bonchev–Trinajstić information content (AvgIpc) is 2.79. The predicted molar refractivity (Wildman–Crippen MR) is 87.2 cm³/mol. The fourth-order valence-corrected chi connectivity index (χ4v) is 2.95. The van der Waals surface area contributed by atoms with Gasteiger partial charge >= 0.3 is 0 Å². The summed E-state index contributed by atoms with van der Waals surface area (Å²) in [7, 11) is -3.39. The lowest BCUT2D eigenvalue weighted by molar-refractivity contribution is 0.304. The Kier molecular flexibility index (Phi) is 5.13. The van der Waals surface area contributed by atoms with E-state index in [2.05, 4.69) is 28.8 Å². The summed E-state index contributed by atoms with van der Waals surface area (Å²) in [6.45, 7) is 2.65. The van der Waals surface area contributed by atoms with Gasteiger partial charge in [-0.25, -0.2) is 0 Å². The van der Waals surface area contributed by atoms with Gasteiger partial charge in [-0.1, -0.05) is 12.1 Å². The molecule has 6 heteroatoms. The van der Waals surface area contributed by atoms with Crippen LogP contribution in [0.5, 0.6) is 0 Å². The van der Waals surface area contributed by atoms with E-state index in [0.29, 0.717) is 6.54 Å². The van der Waals surface area contributed by atoms with Crippen LogP contribution < -0.4 is 0 Å². The SMILES string of the molecule is CSc1ccc(-c2ccc(C)n2CCOS(C)(=O)=O)cc1. The number of nitrogens with zero attached hydrogens (tertiary/aromatic N) is 1. The zero-order valence-electron chi connectivity index (χ0n) is 12.4. The third kappa shape index (κ3) is 4.36. The van der Waals surface area contributed by atoms with E-state index in [9.17, 15) is 8.42 Å². The molecular formula is C15H19NO3S2. The van der Waals surface area contributed by atoms with Crippen LogP contribution in [-0.4, -0.2) is 32.1 Å². The first-order valence-electron chi connectivity index (χ1n) is 6.55. The van der Waals surface area contributed by atoms with Crippen molar-refractivity contribution >= 4 is 21.9 Å². The first-order chi connectivity index (χ1) is 9.90. The lowest BCUT2D eigenvalue weighted by atomic mass is 10.1. The van der Waals surface area contributed by atoms with E-state index < -0.39 is 10.1 Å². The van der Waals surface area contributed by atoms with Gasteiger partial charge in [0.25, 0.3) is 10.1 Å². The second-order valence-corrected chi connectivity index (χ2v) is 7.29. The fourth-order valence-electron chi connectivity index (χ4n) is 2.16. The maximum absolute atomic E-state index is 11.0. The molecule has 114 valence electrons. The van der Waals surface area contributed by atoms with Gasteiger partial charge in [-0.2, -0.15) is 8.42 Å². The molecule has 2 rings (SSSR count). The molecule has 1 aromatic heterocycles. The molecule has 0 aliphatic heterocycles. The second kappa shape index (κ2) is 6.68. The molecule has 0 saturated carbocycles. The molecule has 0 atom stereocenters. The van der Waals surface area contributed by atoms with Gasteiger partial charge in [-0.05, 0) is 43.0 Å². The number of thioether (sulfide) groups is 1. The van der Waals surface area contributed by atoms with Gasteiger partial charge in [-0.15, -0.1) is 11.8 Å².